The maximum absolute atomic E-state index is 11.7. The van der Waals surface area contributed by atoms with Crippen LogP contribution in [0, 0.1) is 6.92 Å². The minimum Gasteiger partial charge on any atom is -0.504 e. The van der Waals surface area contributed by atoms with Gasteiger partial charge < -0.3 is 20.1 Å². The Balaban J connectivity index is 2.01. The third-order valence-electron chi connectivity index (χ3n) is 2.34. The van der Waals surface area contributed by atoms with Gasteiger partial charge in [0.05, 0.1) is 6.54 Å². The Morgan fingerprint density at radius 1 is 1.33 bits per heavy atom. The number of amides is 1. The average Bonchev–Trinajstić information content (AvgIpc) is 2.75. The summed E-state index contributed by atoms with van der Waals surface area (Å²) in [5.74, 6) is -0.300. The first-order valence-electron chi connectivity index (χ1n) is 5.28. The predicted octanol–water partition coefficient (Wildman–Crippen LogP) is 1.32. The predicted molar refractivity (Wildman–Crippen MR) is 62.2 cm³/mol. The third-order valence-corrected chi connectivity index (χ3v) is 2.34. The number of rotatable bonds is 3. The van der Waals surface area contributed by atoms with Crippen molar-refractivity contribution < 1.29 is 19.5 Å². The Morgan fingerprint density at radius 2 is 2.11 bits per heavy atom. The molecular weight excluding hydrogens is 236 g/mol. The van der Waals surface area contributed by atoms with E-state index in [1.807, 2.05) is 0 Å². The van der Waals surface area contributed by atoms with Crippen LogP contribution in [0.2, 0.25) is 0 Å². The van der Waals surface area contributed by atoms with Crippen LogP contribution < -0.4 is 5.32 Å². The van der Waals surface area contributed by atoms with Gasteiger partial charge in [-0.05, 0) is 25.1 Å². The second-order valence-corrected chi connectivity index (χ2v) is 3.82. The number of phenols is 2. The Bertz CT molecular complexity index is 577. The maximum atomic E-state index is 11.7. The van der Waals surface area contributed by atoms with E-state index >= 15 is 0 Å². The minimum absolute atomic E-state index is 0.234. The molecule has 0 radical (unpaired) electrons. The summed E-state index contributed by atoms with van der Waals surface area (Å²) in [4.78, 5) is 11.7. The topological polar surface area (TPSA) is 95.6 Å². The number of aryl methyl sites for hydroxylation is 1. The van der Waals surface area contributed by atoms with Gasteiger partial charge in [0.1, 0.15) is 11.5 Å². The Kier molecular flexibility index (Phi) is 3.18. The van der Waals surface area contributed by atoms with Crippen molar-refractivity contribution in [3.63, 3.8) is 0 Å². The van der Waals surface area contributed by atoms with E-state index in [4.69, 9.17) is 9.63 Å². The molecule has 1 heterocycles. The number of carbonyl (C=O) groups is 1. The summed E-state index contributed by atoms with van der Waals surface area (Å²) in [6.07, 6.45) is 0. The lowest BCUT2D eigenvalue weighted by Gasteiger charge is -2.04. The lowest BCUT2D eigenvalue weighted by Crippen LogP contribution is -2.22. The molecule has 6 nitrogen and oxygen atoms in total. The van der Waals surface area contributed by atoms with Crippen molar-refractivity contribution >= 4 is 5.91 Å². The van der Waals surface area contributed by atoms with Crippen LogP contribution in [0.15, 0.2) is 28.8 Å². The highest BCUT2D eigenvalue weighted by molar-refractivity contribution is 5.94. The molecule has 0 atom stereocenters. The number of benzene rings is 1. The highest BCUT2D eigenvalue weighted by atomic mass is 16.5. The van der Waals surface area contributed by atoms with Crippen LogP contribution >= 0.6 is 0 Å². The molecule has 0 aliphatic carbocycles. The first kappa shape index (κ1) is 12.0. The number of aromatic nitrogens is 1. The highest BCUT2D eigenvalue weighted by Crippen LogP contribution is 2.24. The molecule has 6 heteroatoms. The molecular formula is C12H12N2O4. The first-order valence-corrected chi connectivity index (χ1v) is 5.28. The summed E-state index contributed by atoms with van der Waals surface area (Å²) in [6.45, 7) is 1.99. The van der Waals surface area contributed by atoms with Crippen LogP contribution in [0.25, 0.3) is 0 Å². The summed E-state index contributed by atoms with van der Waals surface area (Å²) < 4.78 is 4.86. The van der Waals surface area contributed by atoms with Crippen molar-refractivity contribution in [3.05, 3.63) is 41.3 Å². The lowest BCUT2D eigenvalue weighted by molar-refractivity contribution is 0.0949. The van der Waals surface area contributed by atoms with E-state index in [9.17, 15) is 9.90 Å². The van der Waals surface area contributed by atoms with E-state index < -0.39 is 0 Å². The summed E-state index contributed by atoms with van der Waals surface area (Å²) >= 11 is 0. The van der Waals surface area contributed by atoms with Crippen LogP contribution in [0.3, 0.4) is 0 Å². The number of nitrogens with one attached hydrogen (secondary N) is 1. The summed E-state index contributed by atoms with van der Waals surface area (Å²) in [7, 11) is 0. The van der Waals surface area contributed by atoms with Crippen molar-refractivity contribution in [2.75, 3.05) is 0 Å². The summed E-state index contributed by atoms with van der Waals surface area (Å²) in [5.41, 5.74) is 0.870. The van der Waals surface area contributed by atoms with Gasteiger partial charge in [-0.1, -0.05) is 5.16 Å². The monoisotopic (exact) mass is 248 g/mol. The van der Waals surface area contributed by atoms with Crippen molar-refractivity contribution in [1.29, 1.82) is 0 Å². The quantitative estimate of drug-likeness (QED) is 0.712. The SMILES string of the molecule is Cc1cc(CNC(=O)c2ccc(O)c(O)c2)no1. The van der Waals surface area contributed by atoms with Gasteiger partial charge in [-0.25, -0.2) is 0 Å². The third kappa shape index (κ3) is 2.60. The fourth-order valence-electron chi connectivity index (χ4n) is 1.44. The summed E-state index contributed by atoms with van der Waals surface area (Å²) in [5, 5.41) is 24.8. The molecule has 0 saturated heterocycles. The van der Waals surface area contributed by atoms with Crippen LogP contribution in [0.4, 0.5) is 0 Å². The van der Waals surface area contributed by atoms with E-state index in [0.29, 0.717) is 11.5 Å². The zero-order valence-corrected chi connectivity index (χ0v) is 9.67. The van der Waals surface area contributed by atoms with Crippen LogP contribution in [0.1, 0.15) is 21.8 Å². The lowest BCUT2D eigenvalue weighted by atomic mass is 10.2. The van der Waals surface area contributed by atoms with Crippen molar-refractivity contribution in [1.82, 2.24) is 10.5 Å². The Hall–Kier alpha value is -2.50. The molecule has 1 aromatic carbocycles. The smallest absolute Gasteiger partial charge is 0.251 e. The van der Waals surface area contributed by atoms with Gasteiger partial charge in [-0.2, -0.15) is 0 Å². The Labute approximate surface area is 103 Å². The zero-order chi connectivity index (χ0) is 13.1. The van der Waals surface area contributed by atoms with E-state index in [2.05, 4.69) is 10.5 Å². The fourth-order valence-corrected chi connectivity index (χ4v) is 1.44. The van der Waals surface area contributed by atoms with Gasteiger partial charge in [0.15, 0.2) is 11.5 Å². The number of aromatic hydroxyl groups is 2. The minimum atomic E-state index is -0.369. The van der Waals surface area contributed by atoms with Crippen molar-refractivity contribution in [2.24, 2.45) is 0 Å². The molecule has 1 aromatic heterocycles. The number of hydrogen-bond acceptors (Lipinski definition) is 5. The number of nitrogens with zero attached hydrogens (tertiary/aromatic N) is 1. The van der Waals surface area contributed by atoms with Crippen LogP contribution in [-0.4, -0.2) is 21.3 Å². The first-order chi connectivity index (χ1) is 8.56. The van der Waals surface area contributed by atoms with E-state index in [0.717, 1.165) is 0 Å². The van der Waals surface area contributed by atoms with Crippen molar-refractivity contribution in [2.45, 2.75) is 13.5 Å². The number of phenolic OH excluding ortho intramolecular Hbond substituents is 2. The van der Waals surface area contributed by atoms with E-state index in [-0.39, 0.29) is 29.5 Å². The second kappa shape index (κ2) is 4.79. The maximum Gasteiger partial charge on any atom is 0.251 e. The van der Waals surface area contributed by atoms with Gasteiger partial charge in [0.25, 0.3) is 5.91 Å². The average molecular weight is 248 g/mol. The van der Waals surface area contributed by atoms with Gasteiger partial charge in [-0.3, -0.25) is 4.79 Å². The number of hydrogen-bond donors (Lipinski definition) is 3. The van der Waals surface area contributed by atoms with E-state index in [1.54, 1.807) is 13.0 Å². The van der Waals surface area contributed by atoms with Crippen molar-refractivity contribution in [3.8, 4) is 11.5 Å². The molecule has 2 aromatic rings. The molecule has 0 saturated carbocycles. The molecule has 0 bridgehead atoms. The van der Waals surface area contributed by atoms with Crippen LogP contribution in [0.5, 0.6) is 11.5 Å². The number of carbonyl (C=O) groups excluding carboxylic acids is 1. The van der Waals surface area contributed by atoms with Gasteiger partial charge >= 0.3 is 0 Å². The zero-order valence-electron chi connectivity index (χ0n) is 9.67. The van der Waals surface area contributed by atoms with Gasteiger partial charge in [0, 0.05) is 11.6 Å². The van der Waals surface area contributed by atoms with E-state index in [1.165, 1.54) is 18.2 Å². The standard InChI is InChI=1S/C12H12N2O4/c1-7-4-9(14-18-7)6-13-12(17)8-2-3-10(15)11(16)5-8/h2-5,15-16H,6H2,1H3,(H,13,17). The molecule has 2 rings (SSSR count). The van der Waals surface area contributed by atoms with Gasteiger partial charge in [0.2, 0.25) is 0 Å². The molecule has 0 aliphatic heterocycles. The summed E-state index contributed by atoms with van der Waals surface area (Å²) in [6, 6.07) is 5.58. The molecule has 18 heavy (non-hydrogen) atoms. The molecule has 0 fully saturated rings. The largest absolute Gasteiger partial charge is 0.504 e. The molecule has 1 amide bonds. The molecule has 0 spiro atoms. The Morgan fingerprint density at radius 3 is 2.72 bits per heavy atom. The molecule has 0 unspecified atom stereocenters. The normalized spacial score (nSPS) is 10.3. The molecule has 94 valence electrons. The fraction of sp³-hybridized carbons (Fsp3) is 0.167. The highest BCUT2D eigenvalue weighted by Gasteiger charge is 2.09. The molecule has 3 N–H and O–H groups in total. The van der Waals surface area contributed by atoms with Crippen LogP contribution in [-0.2, 0) is 6.54 Å². The molecule has 0 aliphatic rings. The second-order valence-electron chi connectivity index (χ2n) is 3.82. The van der Waals surface area contributed by atoms with Gasteiger partial charge in [-0.15, -0.1) is 0 Å².